The Morgan fingerprint density at radius 3 is 2.88 bits per heavy atom. The lowest BCUT2D eigenvalue weighted by molar-refractivity contribution is 0.415. The fourth-order valence-electron chi connectivity index (χ4n) is 3.18. The van der Waals surface area contributed by atoms with Gasteiger partial charge in [-0.25, -0.2) is 4.68 Å². The molecule has 5 heteroatoms. The van der Waals surface area contributed by atoms with Crippen molar-refractivity contribution in [2.45, 2.75) is 13.3 Å². The minimum absolute atomic E-state index is 0.748. The highest BCUT2D eigenvalue weighted by atomic mass is 35.5. The van der Waals surface area contributed by atoms with Gasteiger partial charge in [-0.2, -0.15) is 5.10 Å². The van der Waals surface area contributed by atoms with Crippen LogP contribution in [0.1, 0.15) is 11.1 Å². The van der Waals surface area contributed by atoms with Crippen molar-refractivity contribution in [3.05, 3.63) is 58.6 Å². The largest absolute Gasteiger partial charge is 0.497 e. The zero-order chi connectivity index (χ0) is 16.7. The number of halogens is 1. The van der Waals surface area contributed by atoms with Gasteiger partial charge in [0.25, 0.3) is 0 Å². The number of fused-ring (bicyclic) bond motifs is 1. The summed E-state index contributed by atoms with van der Waals surface area (Å²) in [4.78, 5) is 0. The monoisotopic (exact) mass is 339 g/mol. The van der Waals surface area contributed by atoms with Crippen molar-refractivity contribution in [1.82, 2.24) is 9.78 Å². The van der Waals surface area contributed by atoms with Crippen LogP contribution >= 0.6 is 11.6 Å². The number of anilines is 1. The Balaban J connectivity index is 1.91. The zero-order valence-electron chi connectivity index (χ0n) is 13.6. The van der Waals surface area contributed by atoms with Crippen LogP contribution in [-0.2, 0) is 6.42 Å². The van der Waals surface area contributed by atoms with E-state index in [0.717, 1.165) is 52.1 Å². The van der Waals surface area contributed by atoms with Crippen molar-refractivity contribution in [3.8, 4) is 22.7 Å². The van der Waals surface area contributed by atoms with Gasteiger partial charge >= 0.3 is 0 Å². The van der Waals surface area contributed by atoms with Crippen LogP contribution in [0.15, 0.2) is 42.5 Å². The summed E-state index contributed by atoms with van der Waals surface area (Å²) in [5.41, 5.74) is 5.32. The van der Waals surface area contributed by atoms with E-state index in [1.807, 2.05) is 48.0 Å². The molecule has 1 aliphatic rings. The van der Waals surface area contributed by atoms with Crippen molar-refractivity contribution < 1.29 is 4.74 Å². The van der Waals surface area contributed by atoms with Crippen LogP contribution in [0.3, 0.4) is 0 Å². The SMILES string of the molecule is COc1cccc(-c2nn(-c3cccc(Cl)c3C)c3c2CCN3)c1. The summed E-state index contributed by atoms with van der Waals surface area (Å²) < 4.78 is 7.32. The molecular weight excluding hydrogens is 322 g/mol. The van der Waals surface area contributed by atoms with Crippen LogP contribution in [0, 0.1) is 6.92 Å². The third-order valence-corrected chi connectivity index (χ3v) is 4.87. The molecule has 0 fully saturated rings. The second-order valence-electron chi connectivity index (χ2n) is 5.88. The summed E-state index contributed by atoms with van der Waals surface area (Å²) in [5, 5.41) is 9.10. The van der Waals surface area contributed by atoms with Crippen molar-refractivity contribution in [2.24, 2.45) is 0 Å². The predicted molar refractivity (Wildman–Crippen MR) is 97.5 cm³/mol. The lowest BCUT2D eigenvalue weighted by Crippen LogP contribution is -2.05. The first-order chi connectivity index (χ1) is 11.7. The van der Waals surface area contributed by atoms with Crippen molar-refractivity contribution >= 4 is 17.4 Å². The van der Waals surface area contributed by atoms with Gasteiger partial charge in [-0.3, -0.25) is 0 Å². The van der Waals surface area contributed by atoms with Crippen LogP contribution in [0.2, 0.25) is 5.02 Å². The van der Waals surface area contributed by atoms with Crippen LogP contribution in [-0.4, -0.2) is 23.4 Å². The van der Waals surface area contributed by atoms with Crippen molar-refractivity contribution in [3.63, 3.8) is 0 Å². The highest BCUT2D eigenvalue weighted by Gasteiger charge is 2.24. The molecule has 1 N–H and O–H groups in total. The van der Waals surface area contributed by atoms with E-state index in [0.29, 0.717) is 0 Å². The van der Waals surface area contributed by atoms with E-state index < -0.39 is 0 Å². The Bertz CT molecular complexity index is 917. The highest BCUT2D eigenvalue weighted by molar-refractivity contribution is 6.31. The summed E-state index contributed by atoms with van der Waals surface area (Å²) in [6, 6.07) is 13.9. The minimum Gasteiger partial charge on any atom is -0.497 e. The van der Waals surface area contributed by atoms with Crippen molar-refractivity contribution in [2.75, 3.05) is 19.0 Å². The molecule has 0 amide bonds. The number of nitrogens with one attached hydrogen (secondary N) is 1. The maximum atomic E-state index is 6.30. The molecule has 4 nitrogen and oxygen atoms in total. The summed E-state index contributed by atoms with van der Waals surface area (Å²) in [7, 11) is 1.68. The first-order valence-corrected chi connectivity index (χ1v) is 8.32. The number of aromatic nitrogens is 2. The topological polar surface area (TPSA) is 39.1 Å². The average Bonchev–Trinajstić information content (AvgIpc) is 3.20. The number of hydrogen-bond acceptors (Lipinski definition) is 3. The highest BCUT2D eigenvalue weighted by Crippen LogP contribution is 2.36. The third kappa shape index (κ3) is 2.34. The number of benzene rings is 2. The lowest BCUT2D eigenvalue weighted by atomic mass is 10.1. The molecule has 122 valence electrons. The molecule has 1 aromatic heterocycles. The first-order valence-electron chi connectivity index (χ1n) is 7.94. The third-order valence-electron chi connectivity index (χ3n) is 4.46. The Labute approximate surface area is 146 Å². The van der Waals surface area contributed by atoms with E-state index in [1.165, 1.54) is 5.56 Å². The van der Waals surface area contributed by atoms with E-state index in [-0.39, 0.29) is 0 Å². The van der Waals surface area contributed by atoms with Gasteiger partial charge in [0, 0.05) is 22.7 Å². The molecule has 0 spiro atoms. The van der Waals surface area contributed by atoms with Crippen LogP contribution in [0.4, 0.5) is 5.82 Å². The minimum atomic E-state index is 0.748. The van der Waals surface area contributed by atoms with Gasteiger partial charge in [-0.15, -0.1) is 0 Å². The summed E-state index contributed by atoms with van der Waals surface area (Å²) in [5.74, 6) is 1.89. The maximum absolute atomic E-state index is 6.30. The molecule has 0 unspecified atom stereocenters. The van der Waals surface area contributed by atoms with E-state index in [9.17, 15) is 0 Å². The quantitative estimate of drug-likeness (QED) is 0.764. The Hall–Kier alpha value is -2.46. The average molecular weight is 340 g/mol. The molecule has 0 saturated carbocycles. The molecule has 1 aliphatic heterocycles. The van der Waals surface area contributed by atoms with Gasteiger partial charge in [-0.05, 0) is 43.2 Å². The second-order valence-corrected chi connectivity index (χ2v) is 6.29. The Morgan fingerprint density at radius 1 is 1.21 bits per heavy atom. The fourth-order valence-corrected chi connectivity index (χ4v) is 3.35. The summed E-state index contributed by atoms with van der Waals surface area (Å²) >= 11 is 6.30. The van der Waals surface area contributed by atoms with Gasteiger partial charge in [0.1, 0.15) is 11.6 Å². The number of nitrogens with zero attached hydrogens (tertiary/aromatic N) is 2. The van der Waals surface area contributed by atoms with Gasteiger partial charge < -0.3 is 10.1 Å². The molecule has 0 aliphatic carbocycles. The van der Waals surface area contributed by atoms with Crippen LogP contribution < -0.4 is 10.1 Å². The number of methoxy groups -OCH3 is 1. The molecule has 0 radical (unpaired) electrons. The number of ether oxygens (including phenoxy) is 1. The predicted octanol–water partition coefficient (Wildman–Crippen LogP) is 4.48. The first kappa shape index (κ1) is 15.1. The molecule has 0 atom stereocenters. The number of hydrogen-bond donors (Lipinski definition) is 1. The molecule has 0 bridgehead atoms. The molecule has 2 aromatic carbocycles. The summed E-state index contributed by atoms with van der Waals surface area (Å²) in [6.45, 7) is 2.94. The second kappa shape index (κ2) is 5.87. The fraction of sp³-hybridized carbons (Fsp3) is 0.211. The molecule has 24 heavy (non-hydrogen) atoms. The Kier molecular flexibility index (Phi) is 3.69. The standard InChI is InChI=1S/C19H18ClN3O/c1-12-16(20)7-4-8-17(12)23-19-15(9-10-21-19)18(22-23)13-5-3-6-14(11-13)24-2/h3-8,11,21H,9-10H2,1-2H3. The lowest BCUT2D eigenvalue weighted by Gasteiger charge is -2.10. The maximum Gasteiger partial charge on any atom is 0.133 e. The molecule has 2 heterocycles. The normalized spacial score (nSPS) is 12.8. The van der Waals surface area contributed by atoms with Gasteiger partial charge in [-0.1, -0.05) is 29.8 Å². The molecule has 0 saturated heterocycles. The van der Waals surface area contributed by atoms with Gasteiger partial charge in [0.2, 0.25) is 0 Å². The summed E-state index contributed by atoms with van der Waals surface area (Å²) in [6.07, 6.45) is 0.960. The molecule has 4 rings (SSSR count). The number of rotatable bonds is 3. The smallest absolute Gasteiger partial charge is 0.133 e. The molecular formula is C19H18ClN3O. The van der Waals surface area contributed by atoms with E-state index >= 15 is 0 Å². The van der Waals surface area contributed by atoms with Crippen LogP contribution in [0.25, 0.3) is 16.9 Å². The van der Waals surface area contributed by atoms with Gasteiger partial charge in [0.15, 0.2) is 0 Å². The van der Waals surface area contributed by atoms with Gasteiger partial charge in [0.05, 0.1) is 18.5 Å². The zero-order valence-corrected chi connectivity index (χ0v) is 14.4. The Morgan fingerprint density at radius 2 is 2.04 bits per heavy atom. The molecule has 3 aromatic rings. The van der Waals surface area contributed by atoms with E-state index in [2.05, 4.69) is 11.4 Å². The van der Waals surface area contributed by atoms with Crippen molar-refractivity contribution in [1.29, 1.82) is 0 Å². The van der Waals surface area contributed by atoms with E-state index in [1.54, 1.807) is 7.11 Å². The van der Waals surface area contributed by atoms with Crippen LogP contribution in [0.5, 0.6) is 5.75 Å². The van der Waals surface area contributed by atoms with E-state index in [4.69, 9.17) is 21.4 Å².